The quantitative estimate of drug-likeness (QED) is 0.642. The van der Waals surface area contributed by atoms with Crippen LogP contribution in [-0.2, 0) is 0 Å². The summed E-state index contributed by atoms with van der Waals surface area (Å²) in [5.41, 5.74) is 0.730. The summed E-state index contributed by atoms with van der Waals surface area (Å²) in [5.74, 6) is 0.311. The van der Waals surface area contributed by atoms with Gasteiger partial charge in [0.2, 0.25) is 0 Å². The molecule has 0 radical (unpaired) electrons. The Morgan fingerprint density at radius 3 is 2.41 bits per heavy atom. The van der Waals surface area contributed by atoms with E-state index in [1.807, 2.05) is 37.6 Å². The van der Waals surface area contributed by atoms with Gasteiger partial charge in [-0.1, -0.05) is 18.6 Å². The van der Waals surface area contributed by atoms with Crippen LogP contribution in [0.1, 0.15) is 29.6 Å². The molecule has 0 heterocycles. The van der Waals surface area contributed by atoms with E-state index in [-0.39, 0.29) is 5.41 Å². The first-order valence-electron chi connectivity index (χ1n) is 6.05. The third-order valence-corrected chi connectivity index (χ3v) is 4.40. The lowest BCUT2D eigenvalue weighted by Crippen LogP contribution is -2.45. The highest BCUT2D eigenvalue weighted by Crippen LogP contribution is 2.43. The highest BCUT2D eigenvalue weighted by Gasteiger charge is 2.43. The molecule has 1 aromatic carbocycles. The molecule has 0 unspecified atom stereocenters. The summed E-state index contributed by atoms with van der Waals surface area (Å²) in [4.78, 5) is 13.7. The Hall–Kier alpha value is -0.800. The number of benzene rings is 1. The minimum Gasteiger partial charge on any atom is -0.319 e. The van der Waals surface area contributed by atoms with Crippen LogP contribution in [0.5, 0.6) is 0 Å². The maximum absolute atomic E-state index is 12.5. The molecular weight excluding hydrogens is 230 g/mol. The lowest BCUT2D eigenvalue weighted by Gasteiger charge is -2.40. The standard InChI is InChI=1S/C14H19NOS/c1-15-10-14(8-3-9-14)13(16)11-4-6-12(17-2)7-5-11/h4-7,15H,3,8-10H2,1-2H3. The number of rotatable bonds is 5. The van der Waals surface area contributed by atoms with Crippen LogP contribution >= 0.6 is 11.8 Å². The molecule has 0 amide bonds. The van der Waals surface area contributed by atoms with E-state index in [0.717, 1.165) is 24.9 Å². The lowest BCUT2D eigenvalue weighted by atomic mass is 9.64. The summed E-state index contributed by atoms with van der Waals surface area (Å²) < 4.78 is 0. The minimum atomic E-state index is -0.129. The van der Waals surface area contributed by atoms with Gasteiger partial charge in [0.15, 0.2) is 5.78 Å². The molecule has 0 atom stereocenters. The Bertz CT molecular complexity index is 395. The van der Waals surface area contributed by atoms with Gasteiger partial charge in [-0.05, 0) is 38.3 Å². The number of carbonyl (C=O) groups is 1. The molecule has 1 aliphatic carbocycles. The summed E-state index contributed by atoms with van der Waals surface area (Å²) in [6, 6.07) is 7.99. The number of Topliss-reactive ketones (excluding diaryl/α,β-unsaturated/α-hetero) is 1. The van der Waals surface area contributed by atoms with Crippen LogP contribution < -0.4 is 5.32 Å². The number of nitrogens with one attached hydrogen (secondary N) is 1. The molecule has 1 N–H and O–H groups in total. The van der Waals surface area contributed by atoms with Crippen LogP contribution in [0.3, 0.4) is 0 Å². The van der Waals surface area contributed by atoms with Gasteiger partial charge in [-0.15, -0.1) is 11.8 Å². The summed E-state index contributed by atoms with van der Waals surface area (Å²) in [5, 5.41) is 3.16. The zero-order valence-corrected chi connectivity index (χ0v) is 11.3. The van der Waals surface area contributed by atoms with Gasteiger partial charge >= 0.3 is 0 Å². The average Bonchev–Trinajstić information content (AvgIpc) is 2.33. The van der Waals surface area contributed by atoms with E-state index < -0.39 is 0 Å². The smallest absolute Gasteiger partial charge is 0.170 e. The van der Waals surface area contributed by atoms with Crippen LogP contribution in [-0.4, -0.2) is 25.6 Å². The highest BCUT2D eigenvalue weighted by molar-refractivity contribution is 7.98. The van der Waals surface area contributed by atoms with Crippen molar-refractivity contribution in [3.05, 3.63) is 29.8 Å². The Kier molecular flexibility index (Phi) is 3.89. The lowest BCUT2D eigenvalue weighted by molar-refractivity contribution is 0.0614. The second-order valence-corrected chi connectivity index (χ2v) is 5.60. The first-order valence-corrected chi connectivity index (χ1v) is 7.28. The summed E-state index contributed by atoms with van der Waals surface area (Å²) in [6.07, 6.45) is 5.27. The number of thioether (sulfide) groups is 1. The first kappa shape index (κ1) is 12.7. The fraction of sp³-hybridized carbons (Fsp3) is 0.500. The van der Waals surface area contributed by atoms with Gasteiger partial charge in [-0.2, -0.15) is 0 Å². The molecule has 92 valence electrons. The van der Waals surface area contributed by atoms with Crippen molar-refractivity contribution in [3.8, 4) is 0 Å². The van der Waals surface area contributed by atoms with Crippen molar-refractivity contribution in [3.63, 3.8) is 0 Å². The fourth-order valence-corrected chi connectivity index (χ4v) is 2.88. The molecule has 0 spiro atoms. The van der Waals surface area contributed by atoms with E-state index in [9.17, 15) is 4.79 Å². The molecule has 1 fully saturated rings. The maximum Gasteiger partial charge on any atom is 0.170 e. The van der Waals surface area contributed by atoms with Crippen LogP contribution in [0.25, 0.3) is 0 Å². The van der Waals surface area contributed by atoms with Crippen LogP contribution in [0.4, 0.5) is 0 Å². The first-order chi connectivity index (χ1) is 8.22. The van der Waals surface area contributed by atoms with Crippen molar-refractivity contribution in [2.75, 3.05) is 19.8 Å². The fourth-order valence-electron chi connectivity index (χ4n) is 2.47. The molecule has 2 rings (SSSR count). The molecular formula is C14H19NOS. The van der Waals surface area contributed by atoms with Crippen LogP contribution in [0, 0.1) is 5.41 Å². The second kappa shape index (κ2) is 5.23. The van der Waals surface area contributed by atoms with Crippen molar-refractivity contribution < 1.29 is 4.79 Å². The van der Waals surface area contributed by atoms with Gasteiger partial charge in [0.05, 0.1) is 0 Å². The highest BCUT2D eigenvalue weighted by atomic mass is 32.2. The topological polar surface area (TPSA) is 29.1 Å². The SMILES string of the molecule is CNCC1(C(=O)c2ccc(SC)cc2)CCC1. The number of carbonyl (C=O) groups excluding carboxylic acids is 1. The van der Waals surface area contributed by atoms with Crippen molar-refractivity contribution in [1.29, 1.82) is 0 Å². The average molecular weight is 249 g/mol. The Morgan fingerprint density at radius 1 is 1.35 bits per heavy atom. The largest absolute Gasteiger partial charge is 0.319 e. The van der Waals surface area contributed by atoms with E-state index in [1.54, 1.807) is 11.8 Å². The third-order valence-electron chi connectivity index (χ3n) is 3.66. The molecule has 0 aliphatic heterocycles. The Balaban J connectivity index is 2.17. The number of ketones is 1. The third kappa shape index (κ3) is 2.40. The monoisotopic (exact) mass is 249 g/mol. The molecule has 0 saturated heterocycles. The molecule has 2 nitrogen and oxygen atoms in total. The molecule has 0 aromatic heterocycles. The van der Waals surface area contributed by atoms with Crippen molar-refractivity contribution >= 4 is 17.5 Å². The van der Waals surface area contributed by atoms with Gasteiger partial charge in [-0.3, -0.25) is 4.79 Å². The van der Waals surface area contributed by atoms with Gasteiger partial charge < -0.3 is 5.32 Å². The predicted molar refractivity (Wildman–Crippen MR) is 72.8 cm³/mol. The summed E-state index contributed by atoms with van der Waals surface area (Å²) in [7, 11) is 1.92. The molecule has 17 heavy (non-hydrogen) atoms. The zero-order valence-electron chi connectivity index (χ0n) is 10.5. The van der Waals surface area contributed by atoms with Crippen molar-refractivity contribution in [2.24, 2.45) is 5.41 Å². The van der Waals surface area contributed by atoms with Crippen molar-refractivity contribution in [1.82, 2.24) is 5.32 Å². The summed E-state index contributed by atoms with van der Waals surface area (Å²) in [6.45, 7) is 0.802. The van der Waals surface area contributed by atoms with Crippen LogP contribution in [0.15, 0.2) is 29.2 Å². The maximum atomic E-state index is 12.5. The van der Waals surface area contributed by atoms with Crippen LogP contribution in [0.2, 0.25) is 0 Å². The normalized spacial score (nSPS) is 17.5. The van der Waals surface area contributed by atoms with Gasteiger partial charge in [0.1, 0.15) is 0 Å². The van der Waals surface area contributed by atoms with E-state index in [4.69, 9.17) is 0 Å². The van der Waals surface area contributed by atoms with E-state index in [1.165, 1.54) is 11.3 Å². The summed E-state index contributed by atoms with van der Waals surface area (Å²) >= 11 is 1.70. The molecule has 3 heteroatoms. The number of hydrogen-bond donors (Lipinski definition) is 1. The Labute approximate surface area is 107 Å². The van der Waals surface area contributed by atoms with Gasteiger partial charge in [0.25, 0.3) is 0 Å². The van der Waals surface area contributed by atoms with E-state index in [0.29, 0.717) is 5.78 Å². The molecule has 1 saturated carbocycles. The van der Waals surface area contributed by atoms with E-state index >= 15 is 0 Å². The van der Waals surface area contributed by atoms with E-state index in [2.05, 4.69) is 5.32 Å². The minimum absolute atomic E-state index is 0.129. The predicted octanol–water partition coefficient (Wildman–Crippen LogP) is 2.98. The second-order valence-electron chi connectivity index (χ2n) is 4.72. The molecule has 0 bridgehead atoms. The van der Waals surface area contributed by atoms with Gasteiger partial charge in [0, 0.05) is 22.4 Å². The molecule has 1 aliphatic rings. The van der Waals surface area contributed by atoms with Gasteiger partial charge in [-0.25, -0.2) is 0 Å². The Morgan fingerprint density at radius 2 is 2.00 bits per heavy atom. The zero-order chi connectivity index (χ0) is 12.3. The molecule has 1 aromatic rings. The number of hydrogen-bond acceptors (Lipinski definition) is 3. The van der Waals surface area contributed by atoms with Crippen molar-refractivity contribution in [2.45, 2.75) is 24.2 Å².